The van der Waals surface area contributed by atoms with Gasteiger partial charge in [-0.1, -0.05) is 29.7 Å². The number of rotatable bonds is 6. The summed E-state index contributed by atoms with van der Waals surface area (Å²) in [7, 11) is 0. The summed E-state index contributed by atoms with van der Waals surface area (Å²) in [6.45, 7) is 9.27. The molecule has 3 aromatic heterocycles. The van der Waals surface area contributed by atoms with E-state index < -0.39 is 5.97 Å². The molecule has 0 bridgehead atoms. The molecule has 3 N–H and O–H groups in total. The van der Waals surface area contributed by atoms with E-state index in [-0.39, 0.29) is 5.69 Å². The summed E-state index contributed by atoms with van der Waals surface area (Å²) < 4.78 is 7.83. The van der Waals surface area contributed by atoms with Crippen LogP contribution in [0.2, 0.25) is 4.34 Å². The van der Waals surface area contributed by atoms with Gasteiger partial charge in [0.2, 0.25) is 0 Å². The van der Waals surface area contributed by atoms with Gasteiger partial charge in [-0.05, 0) is 82.1 Å². The Balaban J connectivity index is 0.000000256. The van der Waals surface area contributed by atoms with Crippen molar-refractivity contribution in [1.82, 2.24) is 14.6 Å². The summed E-state index contributed by atoms with van der Waals surface area (Å²) >= 11 is 7.37. The third-order valence-electron chi connectivity index (χ3n) is 6.59. The molecule has 1 aromatic carbocycles. The van der Waals surface area contributed by atoms with Gasteiger partial charge in [-0.2, -0.15) is 0 Å². The molecule has 1 fully saturated rings. The lowest BCUT2D eigenvalue weighted by atomic mass is 10.1. The maximum absolute atomic E-state index is 11.7. The summed E-state index contributed by atoms with van der Waals surface area (Å²) in [6.07, 6.45) is 3.26. The lowest BCUT2D eigenvalue weighted by molar-refractivity contribution is 0.0686. The van der Waals surface area contributed by atoms with Crippen LogP contribution in [0.5, 0.6) is 0 Å². The van der Waals surface area contributed by atoms with Gasteiger partial charge < -0.3 is 24.8 Å². The minimum atomic E-state index is -0.965. The van der Waals surface area contributed by atoms with Crippen molar-refractivity contribution in [2.45, 2.75) is 58.7 Å². The Kier molecular flexibility index (Phi) is 8.51. The molecular formula is C27H33ClN4O3S. The number of hydrogen-bond acceptors (Lipinski definition) is 6. The van der Waals surface area contributed by atoms with E-state index in [0.717, 1.165) is 22.2 Å². The summed E-state index contributed by atoms with van der Waals surface area (Å²) in [5.41, 5.74) is 8.70. The number of hydrogen-bond donors (Lipinski definition) is 2. The van der Waals surface area contributed by atoms with E-state index in [1.165, 1.54) is 42.8 Å². The van der Waals surface area contributed by atoms with Crippen LogP contribution in [0.4, 0.5) is 0 Å². The Hall–Kier alpha value is -2.65. The standard InChI is InChI=1S/C19H15ClN2O3S.C8H18N2/c1-2-11-3-4-14-12(7-11)8-15(19(23)24)22(14)10-13-9-16(25-21-13)17-5-6-18(20)26-17;1-7(2)10-5-3-8(9)4-6-10/h3-9H,2,10H2,1H3,(H,23,24);7-8H,3-6,9H2,1-2H3. The minimum absolute atomic E-state index is 0.233. The molecule has 4 aromatic rings. The van der Waals surface area contributed by atoms with E-state index in [2.05, 4.69) is 30.8 Å². The van der Waals surface area contributed by atoms with Gasteiger partial charge in [0.25, 0.3) is 0 Å². The molecule has 0 unspecified atom stereocenters. The summed E-state index contributed by atoms with van der Waals surface area (Å²) in [6, 6.07) is 14.4. The number of nitrogens with two attached hydrogens (primary N) is 1. The number of likely N-dealkylation sites (tertiary alicyclic amines) is 1. The Morgan fingerprint density at radius 3 is 2.58 bits per heavy atom. The number of carboxylic acids is 1. The molecule has 5 rings (SSSR count). The zero-order valence-electron chi connectivity index (χ0n) is 20.9. The number of piperidine rings is 1. The number of nitrogens with zero attached hydrogens (tertiary/aromatic N) is 3. The SMILES string of the molecule is CC(C)N1CCC(N)CC1.CCc1ccc2c(c1)cc(C(=O)O)n2Cc1cc(-c2ccc(Cl)s2)on1. The number of aromatic carboxylic acids is 1. The number of carbonyl (C=O) groups is 1. The second-order valence-electron chi connectivity index (χ2n) is 9.42. The molecule has 1 aliphatic heterocycles. The molecule has 192 valence electrons. The predicted molar refractivity (Wildman–Crippen MR) is 146 cm³/mol. The molecule has 7 nitrogen and oxygen atoms in total. The largest absolute Gasteiger partial charge is 0.477 e. The van der Waals surface area contributed by atoms with Gasteiger partial charge in [-0.3, -0.25) is 0 Å². The van der Waals surface area contributed by atoms with Crippen LogP contribution in [0, 0.1) is 0 Å². The lowest BCUT2D eigenvalue weighted by Crippen LogP contribution is -2.42. The maximum atomic E-state index is 11.7. The third kappa shape index (κ3) is 6.18. The van der Waals surface area contributed by atoms with Crippen LogP contribution in [0.1, 0.15) is 55.4 Å². The van der Waals surface area contributed by atoms with Crippen LogP contribution >= 0.6 is 22.9 Å². The van der Waals surface area contributed by atoms with E-state index in [4.69, 9.17) is 21.9 Å². The highest BCUT2D eigenvalue weighted by atomic mass is 35.5. The van der Waals surface area contributed by atoms with Gasteiger partial charge in [0, 0.05) is 29.1 Å². The number of carboxylic acid groups (broad SMARTS) is 1. The fraction of sp³-hybridized carbons (Fsp3) is 0.407. The first kappa shape index (κ1) is 26.4. The van der Waals surface area contributed by atoms with E-state index in [1.807, 2.05) is 30.3 Å². The average molecular weight is 529 g/mol. The van der Waals surface area contributed by atoms with Gasteiger partial charge in [0.1, 0.15) is 11.4 Å². The maximum Gasteiger partial charge on any atom is 0.352 e. The van der Waals surface area contributed by atoms with Crippen LogP contribution in [-0.2, 0) is 13.0 Å². The quantitative estimate of drug-likeness (QED) is 0.312. The molecule has 0 amide bonds. The Morgan fingerprint density at radius 2 is 1.97 bits per heavy atom. The second-order valence-corrected chi connectivity index (χ2v) is 11.1. The van der Waals surface area contributed by atoms with Gasteiger partial charge in [0.15, 0.2) is 5.76 Å². The van der Waals surface area contributed by atoms with Crippen molar-refractivity contribution in [3.8, 4) is 10.6 Å². The number of aromatic nitrogens is 2. The Morgan fingerprint density at radius 1 is 1.22 bits per heavy atom. The number of aryl methyl sites for hydroxylation is 1. The molecule has 9 heteroatoms. The molecule has 0 atom stereocenters. The van der Waals surface area contributed by atoms with Gasteiger partial charge in [-0.25, -0.2) is 4.79 Å². The van der Waals surface area contributed by atoms with Crippen LogP contribution in [0.3, 0.4) is 0 Å². The van der Waals surface area contributed by atoms with E-state index in [9.17, 15) is 9.90 Å². The third-order valence-corrected chi connectivity index (χ3v) is 7.84. The first-order chi connectivity index (χ1) is 17.2. The molecule has 1 saturated heterocycles. The van der Waals surface area contributed by atoms with Crippen molar-refractivity contribution < 1.29 is 14.4 Å². The zero-order valence-corrected chi connectivity index (χ0v) is 22.5. The number of thiophene rings is 1. The van der Waals surface area contributed by atoms with E-state index in [1.54, 1.807) is 16.7 Å². The summed E-state index contributed by atoms with van der Waals surface area (Å²) in [5.74, 6) is -0.341. The number of fused-ring (bicyclic) bond motifs is 1. The van der Waals surface area contributed by atoms with Crippen LogP contribution in [-0.4, -0.2) is 50.9 Å². The van der Waals surface area contributed by atoms with Crippen LogP contribution in [0.25, 0.3) is 21.5 Å². The van der Waals surface area contributed by atoms with Crippen molar-refractivity contribution in [2.75, 3.05) is 13.1 Å². The fourth-order valence-corrected chi connectivity index (χ4v) is 5.43. The highest BCUT2D eigenvalue weighted by Crippen LogP contribution is 2.32. The molecule has 0 aliphatic carbocycles. The molecule has 0 saturated carbocycles. The normalized spacial score (nSPS) is 14.8. The van der Waals surface area contributed by atoms with E-state index in [0.29, 0.717) is 34.4 Å². The smallest absolute Gasteiger partial charge is 0.352 e. The van der Waals surface area contributed by atoms with E-state index >= 15 is 0 Å². The first-order valence-electron chi connectivity index (χ1n) is 12.3. The molecule has 36 heavy (non-hydrogen) atoms. The number of halogens is 1. The molecule has 4 heterocycles. The Labute approximate surface area is 220 Å². The van der Waals surface area contributed by atoms with Crippen molar-refractivity contribution in [3.63, 3.8) is 0 Å². The molecular weight excluding hydrogens is 496 g/mol. The zero-order chi connectivity index (χ0) is 25.8. The fourth-order valence-electron chi connectivity index (χ4n) is 4.43. The molecule has 0 radical (unpaired) electrons. The van der Waals surface area contributed by atoms with Crippen LogP contribution in [0.15, 0.2) is 47.0 Å². The molecule has 0 spiro atoms. The van der Waals surface area contributed by atoms with Crippen molar-refractivity contribution >= 4 is 39.8 Å². The lowest BCUT2D eigenvalue weighted by Gasteiger charge is -2.32. The minimum Gasteiger partial charge on any atom is -0.477 e. The first-order valence-corrected chi connectivity index (χ1v) is 13.5. The van der Waals surface area contributed by atoms with Crippen LogP contribution < -0.4 is 5.73 Å². The highest BCUT2D eigenvalue weighted by Gasteiger charge is 2.18. The summed E-state index contributed by atoms with van der Waals surface area (Å²) in [5, 5.41) is 14.6. The second kappa shape index (κ2) is 11.6. The van der Waals surface area contributed by atoms with Crippen molar-refractivity contribution in [1.29, 1.82) is 0 Å². The summed E-state index contributed by atoms with van der Waals surface area (Å²) in [4.78, 5) is 15.1. The van der Waals surface area contributed by atoms with Gasteiger partial charge in [0.05, 0.1) is 15.8 Å². The average Bonchev–Trinajstić information content (AvgIpc) is 3.58. The van der Waals surface area contributed by atoms with Crippen molar-refractivity contribution in [2.24, 2.45) is 5.73 Å². The number of benzene rings is 1. The van der Waals surface area contributed by atoms with Gasteiger partial charge >= 0.3 is 5.97 Å². The van der Waals surface area contributed by atoms with Crippen molar-refractivity contribution in [3.05, 3.63) is 63.8 Å². The molecule has 1 aliphatic rings. The van der Waals surface area contributed by atoms with Gasteiger partial charge in [-0.15, -0.1) is 11.3 Å². The highest BCUT2D eigenvalue weighted by molar-refractivity contribution is 7.19. The topological polar surface area (TPSA) is 97.5 Å². The Bertz CT molecular complexity index is 1320. The monoisotopic (exact) mass is 528 g/mol. The predicted octanol–water partition coefficient (Wildman–Crippen LogP) is 6.14.